The Morgan fingerprint density at radius 3 is 2.33 bits per heavy atom. The zero-order valence-corrected chi connectivity index (χ0v) is 12.9. The van der Waals surface area contributed by atoms with Gasteiger partial charge in [0.25, 0.3) is 0 Å². The number of alkyl halides is 3. The number of hydrogen-bond donors (Lipinski definition) is 1. The lowest BCUT2D eigenvalue weighted by Crippen LogP contribution is -2.35. The molecule has 0 amide bonds. The maximum atomic E-state index is 12.6. The minimum Gasteiger partial charge on any atom is -0.330 e. The molecule has 0 aliphatic carbocycles. The third-order valence-electron chi connectivity index (χ3n) is 4.10. The van der Waals surface area contributed by atoms with E-state index in [-0.39, 0.29) is 12.4 Å². The molecule has 1 aliphatic rings. The molecule has 2 N–H and O–H groups in total. The summed E-state index contributed by atoms with van der Waals surface area (Å²) in [6.45, 7) is 5.15. The number of nitrogens with two attached hydrogens (primary N) is 1. The Balaban J connectivity index is 0.00000220. The molecule has 2 nitrogen and oxygen atoms in total. The van der Waals surface area contributed by atoms with E-state index >= 15 is 0 Å². The molecule has 1 aliphatic heterocycles. The molecule has 1 fully saturated rings. The minimum absolute atomic E-state index is 0. The average molecular weight is 323 g/mol. The lowest BCUT2D eigenvalue weighted by atomic mass is 9.96. The van der Waals surface area contributed by atoms with Crippen molar-refractivity contribution < 1.29 is 13.2 Å². The summed E-state index contributed by atoms with van der Waals surface area (Å²) in [5, 5.41) is 0. The predicted molar refractivity (Wildman–Crippen MR) is 80.5 cm³/mol. The Bertz CT molecular complexity index is 455. The second-order valence-corrected chi connectivity index (χ2v) is 5.59. The van der Waals surface area contributed by atoms with Crippen LogP contribution in [0.3, 0.4) is 0 Å². The Morgan fingerprint density at radius 1 is 1.24 bits per heavy atom. The van der Waals surface area contributed by atoms with Gasteiger partial charge in [0.1, 0.15) is 0 Å². The van der Waals surface area contributed by atoms with Gasteiger partial charge in [-0.15, -0.1) is 12.4 Å². The third kappa shape index (κ3) is 4.87. The quantitative estimate of drug-likeness (QED) is 0.921. The SMILES string of the molecule is Cc1cc(C(F)(F)F)ccc1CN1CCC(CN)CC1.Cl. The Labute approximate surface area is 129 Å². The van der Waals surface area contributed by atoms with Crippen molar-refractivity contribution in [3.05, 3.63) is 34.9 Å². The highest BCUT2D eigenvalue weighted by Gasteiger charge is 2.30. The standard InChI is InChI=1S/C15H21F3N2.ClH/c1-11-8-14(15(16,17)18)3-2-13(11)10-20-6-4-12(9-19)5-7-20;/h2-3,8,12H,4-7,9-10,19H2,1H3;1H. The number of rotatable bonds is 3. The van der Waals surface area contributed by atoms with Crippen LogP contribution in [0, 0.1) is 12.8 Å². The van der Waals surface area contributed by atoms with Crippen molar-refractivity contribution in [1.82, 2.24) is 4.90 Å². The monoisotopic (exact) mass is 322 g/mol. The molecule has 2 rings (SSSR count). The lowest BCUT2D eigenvalue weighted by molar-refractivity contribution is -0.137. The van der Waals surface area contributed by atoms with Gasteiger partial charge in [0.05, 0.1) is 5.56 Å². The highest BCUT2D eigenvalue weighted by Crippen LogP contribution is 2.31. The number of likely N-dealkylation sites (tertiary alicyclic amines) is 1. The van der Waals surface area contributed by atoms with Crippen LogP contribution in [0.2, 0.25) is 0 Å². The lowest BCUT2D eigenvalue weighted by Gasteiger charge is -2.31. The van der Waals surface area contributed by atoms with E-state index in [0.717, 1.165) is 44.6 Å². The summed E-state index contributed by atoms with van der Waals surface area (Å²) in [6, 6.07) is 4.02. The van der Waals surface area contributed by atoms with E-state index in [9.17, 15) is 13.2 Å². The first-order chi connectivity index (χ1) is 9.40. The van der Waals surface area contributed by atoms with E-state index in [1.165, 1.54) is 12.1 Å². The van der Waals surface area contributed by atoms with Crippen LogP contribution in [0.1, 0.15) is 29.5 Å². The summed E-state index contributed by atoms with van der Waals surface area (Å²) in [7, 11) is 0. The fourth-order valence-electron chi connectivity index (χ4n) is 2.67. The van der Waals surface area contributed by atoms with Gasteiger partial charge in [-0.3, -0.25) is 4.90 Å². The maximum absolute atomic E-state index is 12.6. The van der Waals surface area contributed by atoms with Crippen LogP contribution >= 0.6 is 12.4 Å². The van der Waals surface area contributed by atoms with Crippen molar-refractivity contribution in [2.24, 2.45) is 11.7 Å². The molecule has 0 aromatic heterocycles. The molecule has 0 spiro atoms. The molecule has 0 saturated carbocycles. The smallest absolute Gasteiger partial charge is 0.330 e. The molecular weight excluding hydrogens is 301 g/mol. The van der Waals surface area contributed by atoms with Crippen molar-refractivity contribution >= 4 is 12.4 Å². The van der Waals surface area contributed by atoms with Crippen LogP contribution < -0.4 is 5.73 Å². The minimum atomic E-state index is -4.26. The predicted octanol–water partition coefficient (Wildman–Crippen LogP) is 3.61. The van der Waals surface area contributed by atoms with Crippen LogP contribution in [0.25, 0.3) is 0 Å². The zero-order chi connectivity index (χ0) is 14.8. The third-order valence-corrected chi connectivity index (χ3v) is 4.10. The van der Waals surface area contributed by atoms with E-state index in [1.54, 1.807) is 13.0 Å². The van der Waals surface area contributed by atoms with Crippen molar-refractivity contribution in [1.29, 1.82) is 0 Å². The first-order valence-corrected chi connectivity index (χ1v) is 6.99. The van der Waals surface area contributed by atoms with E-state index in [0.29, 0.717) is 11.5 Å². The first kappa shape index (κ1) is 18.3. The van der Waals surface area contributed by atoms with Gasteiger partial charge in [0.2, 0.25) is 0 Å². The Morgan fingerprint density at radius 2 is 1.86 bits per heavy atom. The van der Waals surface area contributed by atoms with Crippen LogP contribution in [-0.4, -0.2) is 24.5 Å². The van der Waals surface area contributed by atoms with Crippen molar-refractivity contribution in [3.8, 4) is 0 Å². The number of piperidine rings is 1. The van der Waals surface area contributed by atoms with E-state index < -0.39 is 11.7 Å². The largest absolute Gasteiger partial charge is 0.416 e. The van der Waals surface area contributed by atoms with Gasteiger partial charge in [0.15, 0.2) is 0 Å². The molecular formula is C15H22ClF3N2. The summed E-state index contributed by atoms with van der Waals surface area (Å²) >= 11 is 0. The van der Waals surface area contributed by atoms with E-state index in [2.05, 4.69) is 4.90 Å². The Hall–Kier alpha value is -0.780. The van der Waals surface area contributed by atoms with Crippen LogP contribution in [0.5, 0.6) is 0 Å². The van der Waals surface area contributed by atoms with Gasteiger partial charge in [-0.2, -0.15) is 13.2 Å². The van der Waals surface area contributed by atoms with Gasteiger partial charge >= 0.3 is 6.18 Å². The normalized spacial score (nSPS) is 17.6. The number of benzene rings is 1. The summed E-state index contributed by atoms with van der Waals surface area (Å²) in [6.07, 6.45) is -2.10. The molecule has 6 heteroatoms. The molecule has 120 valence electrons. The second kappa shape index (κ2) is 7.47. The highest BCUT2D eigenvalue weighted by molar-refractivity contribution is 5.85. The highest BCUT2D eigenvalue weighted by atomic mass is 35.5. The summed E-state index contributed by atoms with van der Waals surface area (Å²) in [4.78, 5) is 2.29. The van der Waals surface area contributed by atoms with Crippen molar-refractivity contribution in [2.75, 3.05) is 19.6 Å². The molecule has 1 aromatic carbocycles. The second-order valence-electron chi connectivity index (χ2n) is 5.59. The van der Waals surface area contributed by atoms with Crippen LogP contribution in [-0.2, 0) is 12.7 Å². The van der Waals surface area contributed by atoms with Gasteiger partial charge in [-0.25, -0.2) is 0 Å². The summed E-state index contributed by atoms with van der Waals surface area (Å²) in [5.41, 5.74) is 6.77. The van der Waals surface area contributed by atoms with E-state index in [1.807, 2.05) is 0 Å². The summed E-state index contributed by atoms with van der Waals surface area (Å²) in [5.74, 6) is 0.597. The fourth-order valence-corrected chi connectivity index (χ4v) is 2.67. The topological polar surface area (TPSA) is 29.3 Å². The van der Waals surface area contributed by atoms with Crippen molar-refractivity contribution in [2.45, 2.75) is 32.5 Å². The molecule has 21 heavy (non-hydrogen) atoms. The van der Waals surface area contributed by atoms with E-state index in [4.69, 9.17) is 5.73 Å². The molecule has 0 atom stereocenters. The molecule has 0 radical (unpaired) electrons. The molecule has 0 unspecified atom stereocenters. The fraction of sp³-hybridized carbons (Fsp3) is 0.600. The number of aryl methyl sites for hydroxylation is 1. The zero-order valence-electron chi connectivity index (χ0n) is 12.1. The number of halogens is 4. The van der Waals surface area contributed by atoms with Crippen LogP contribution in [0.15, 0.2) is 18.2 Å². The number of nitrogens with zero attached hydrogens (tertiary/aromatic N) is 1. The first-order valence-electron chi connectivity index (χ1n) is 6.99. The number of hydrogen-bond acceptors (Lipinski definition) is 2. The van der Waals surface area contributed by atoms with Crippen molar-refractivity contribution in [3.63, 3.8) is 0 Å². The Kier molecular flexibility index (Phi) is 6.50. The van der Waals surface area contributed by atoms with Gasteiger partial charge < -0.3 is 5.73 Å². The van der Waals surface area contributed by atoms with Gasteiger partial charge in [-0.05, 0) is 68.6 Å². The molecule has 1 aromatic rings. The average Bonchev–Trinajstić information content (AvgIpc) is 2.41. The van der Waals surface area contributed by atoms with Crippen LogP contribution in [0.4, 0.5) is 13.2 Å². The summed E-state index contributed by atoms with van der Waals surface area (Å²) < 4.78 is 37.9. The molecule has 1 heterocycles. The van der Waals surface area contributed by atoms with Gasteiger partial charge in [0, 0.05) is 6.54 Å². The molecule has 1 saturated heterocycles. The van der Waals surface area contributed by atoms with Gasteiger partial charge in [-0.1, -0.05) is 6.07 Å². The maximum Gasteiger partial charge on any atom is 0.416 e. The molecule has 0 bridgehead atoms.